The highest BCUT2D eigenvalue weighted by Gasteiger charge is 2.50. The molecule has 1 aromatic carbocycles. The lowest BCUT2D eigenvalue weighted by Crippen LogP contribution is -2.46. The second-order valence-electron chi connectivity index (χ2n) is 8.30. The number of hydrogen-bond donors (Lipinski definition) is 0. The van der Waals surface area contributed by atoms with Crippen molar-refractivity contribution in [1.82, 2.24) is 15.0 Å². The maximum Gasteiger partial charge on any atom is 0.277 e. The summed E-state index contributed by atoms with van der Waals surface area (Å²) in [5.41, 5.74) is 1.20. The van der Waals surface area contributed by atoms with Gasteiger partial charge in [-0.1, -0.05) is 17.3 Å². The van der Waals surface area contributed by atoms with Crippen LogP contribution in [0.25, 0.3) is 10.9 Å². The summed E-state index contributed by atoms with van der Waals surface area (Å²) >= 11 is 0. The van der Waals surface area contributed by atoms with Crippen LogP contribution in [0, 0.1) is 23.2 Å². The lowest BCUT2D eigenvalue weighted by molar-refractivity contribution is -0.0598. The second-order valence-corrected chi connectivity index (χ2v) is 8.30. The molecule has 0 aliphatic heterocycles. The van der Waals surface area contributed by atoms with Crippen LogP contribution in [0.15, 0.2) is 29.1 Å². The molecule has 4 aliphatic carbocycles. The highest BCUT2D eigenvalue weighted by Crippen LogP contribution is 2.61. The van der Waals surface area contributed by atoms with Crippen molar-refractivity contribution in [1.29, 1.82) is 0 Å². The molecule has 1 heterocycles. The zero-order valence-corrected chi connectivity index (χ0v) is 13.4. The van der Waals surface area contributed by atoms with Gasteiger partial charge in [0.25, 0.3) is 5.56 Å². The molecular formula is C19H23N3O. The number of hydrogen-bond acceptors (Lipinski definition) is 3. The van der Waals surface area contributed by atoms with Gasteiger partial charge in [-0.05, 0) is 80.2 Å². The van der Waals surface area contributed by atoms with Gasteiger partial charge in [-0.3, -0.25) is 4.79 Å². The molecule has 0 atom stereocenters. The van der Waals surface area contributed by atoms with Gasteiger partial charge in [0.1, 0.15) is 5.52 Å². The molecule has 4 fully saturated rings. The topological polar surface area (TPSA) is 47.8 Å². The molecular weight excluding hydrogens is 286 g/mol. The molecule has 2 aromatic rings. The minimum Gasteiger partial charge on any atom is -0.267 e. The van der Waals surface area contributed by atoms with Gasteiger partial charge < -0.3 is 0 Å². The van der Waals surface area contributed by atoms with Crippen molar-refractivity contribution >= 4 is 10.9 Å². The van der Waals surface area contributed by atoms with Crippen LogP contribution in [0.4, 0.5) is 0 Å². The van der Waals surface area contributed by atoms with E-state index in [1.807, 2.05) is 24.3 Å². The summed E-state index contributed by atoms with van der Waals surface area (Å²) in [7, 11) is 0. The van der Waals surface area contributed by atoms with Gasteiger partial charge in [0.2, 0.25) is 0 Å². The van der Waals surface area contributed by atoms with Gasteiger partial charge in [-0.2, -0.15) is 0 Å². The summed E-state index contributed by atoms with van der Waals surface area (Å²) in [5.74, 6) is 2.88. The average molecular weight is 309 g/mol. The fraction of sp³-hybridized carbons (Fsp3) is 0.632. The van der Waals surface area contributed by atoms with Crippen molar-refractivity contribution in [2.24, 2.45) is 23.2 Å². The van der Waals surface area contributed by atoms with Gasteiger partial charge in [0.05, 0.1) is 5.39 Å². The molecule has 0 N–H and O–H groups in total. The smallest absolute Gasteiger partial charge is 0.267 e. The molecule has 23 heavy (non-hydrogen) atoms. The molecule has 0 amide bonds. The molecule has 6 rings (SSSR count). The highest BCUT2D eigenvalue weighted by atomic mass is 16.1. The largest absolute Gasteiger partial charge is 0.277 e. The maximum atomic E-state index is 12.6. The maximum absolute atomic E-state index is 12.6. The fourth-order valence-electron chi connectivity index (χ4n) is 6.11. The van der Waals surface area contributed by atoms with E-state index < -0.39 is 0 Å². The van der Waals surface area contributed by atoms with E-state index in [-0.39, 0.29) is 5.56 Å². The van der Waals surface area contributed by atoms with E-state index in [0.717, 1.165) is 30.7 Å². The molecule has 4 heteroatoms. The number of aryl methyl sites for hydroxylation is 1. The normalized spacial score (nSPS) is 35.0. The quantitative estimate of drug-likeness (QED) is 0.873. The lowest BCUT2D eigenvalue weighted by atomic mass is 9.49. The molecule has 4 nitrogen and oxygen atoms in total. The minimum absolute atomic E-state index is 0.0142. The number of fused-ring (bicyclic) bond motifs is 1. The van der Waals surface area contributed by atoms with Crippen molar-refractivity contribution in [3.05, 3.63) is 34.6 Å². The second kappa shape index (κ2) is 4.89. The summed E-state index contributed by atoms with van der Waals surface area (Å²) < 4.78 is 1.60. The Kier molecular flexibility index (Phi) is 2.91. The predicted molar refractivity (Wildman–Crippen MR) is 89.0 cm³/mol. The van der Waals surface area contributed by atoms with Gasteiger partial charge in [-0.25, -0.2) is 4.68 Å². The molecule has 4 bridgehead atoms. The third-order valence-electron chi connectivity index (χ3n) is 6.65. The van der Waals surface area contributed by atoms with Crippen LogP contribution in [0.5, 0.6) is 0 Å². The van der Waals surface area contributed by atoms with Crippen LogP contribution in [0.3, 0.4) is 0 Å². The number of nitrogens with zero attached hydrogens (tertiary/aromatic N) is 3. The molecule has 0 unspecified atom stereocenters. The first-order valence-electron chi connectivity index (χ1n) is 9.03. The Hall–Kier alpha value is -1.71. The minimum atomic E-state index is 0.0142. The third kappa shape index (κ3) is 2.22. The summed E-state index contributed by atoms with van der Waals surface area (Å²) in [4.78, 5) is 12.6. The predicted octanol–water partition coefficient (Wildman–Crippen LogP) is 3.40. The average Bonchev–Trinajstić information content (AvgIpc) is 2.53. The van der Waals surface area contributed by atoms with Crippen LogP contribution < -0.4 is 5.56 Å². The SMILES string of the molecule is O=c1c2ccccc2nnn1CCC12CC3CC(CC(C3)C1)C2. The van der Waals surface area contributed by atoms with Gasteiger partial charge in [-0.15, -0.1) is 5.10 Å². The Morgan fingerprint density at radius 3 is 2.39 bits per heavy atom. The Bertz CT molecular complexity index is 774. The van der Waals surface area contributed by atoms with E-state index in [2.05, 4.69) is 10.3 Å². The molecule has 1 aromatic heterocycles. The van der Waals surface area contributed by atoms with E-state index in [0.29, 0.717) is 16.3 Å². The van der Waals surface area contributed by atoms with E-state index in [1.54, 1.807) is 4.68 Å². The van der Waals surface area contributed by atoms with Gasteiger partial charge in [0.15, 0.2) is 0 Å². The van der Waals surface area contributed by atoms with Crippen molar-refractivity contribution in [2.45, 2.75) is 51.5 Å². The van der Waals surface area contributed by atoms with E-state index in [1.165, 1.54) is 38.5 Å². The first kappa shape index (κ1) is 13.7. The van der Waals surface area contributed by atoms with Crippen LogP contribution in [-0.2, 0) is 6.54 Å². The zero-order chi connectivity index (χ0) is 15.4. The highest BCUT2D eigenvalue weighted by molar-refractivity contribution is 5.76. The van der Waals surface area contributed by atoms with Crippen molar-refractivity contribution in [3.8, 4) is 0 Å². The molecule has 0 spiro atoms. The summed E-state index contributed by atoms with van der Waals surface area (Å²) in [5, 5.41) is 9.09. The Morgan fingerprint density at radius 1 is 1.04 bits per heavy atom. The van der Waals surface area contributed by atoms with E-state index >= 15 is 0 Å². The van der Waals surface area contributed by atoms with Crippen LogP contribution in [0.2, 0.25) is 0 Å². The van der Waals surface area contributed by atoms with Crippen LogP contribution in [-0.4, -0.2) is 15.0 Å². The fourth-order valence-corrected chi connectivity index (χ4v) is 6.11. The van der Waals surface area contributed by atoms with Crippen molar-refractivity contribution < 1.29 is 0 Å². The van der Waals surface area contributed by atoms with Gasteiger partial charge in [0, 0.05) is 6.54 Å². The number of benzene rings is 1. The zero-order valence-electron chi connectivity index (χ0n) is 13.4. The monoisotopic (exact) mass is 309 g/mol. The first-order chi connectivity index (χ1) is 11.2. The number of rotatable bonds is 3. The van der Waals surface area contributed by atoms with Crippen molar-refractivity contribution in [2.75, 3.05) is 0 Å². The molecule has 4 aliphatic rings. The first-order valence-corrected chi connectivity index (χ1v) is 9.03. The summed E-state index contributed by atoms with van der Waals surface area (Å²) in [6.45, 7) is 0.725. The number of aromatic nitrogens is 3. The van der Waals surface area contributed by atoms with E-state index in [4.69, 9.17) is 0 Å². The molecule has 0 saturated heterocycles. The summed E-state index contributed by atoms with van der Waals surface area (Å²) in [6.07, 6.45) is 9.65. The van der Waals surface area contributed by atoms with Crippen molar-refractivity contribution in [3.63, 3.8) is 0 Å². The lowest BCUT2D eigenvalue weighted by Gasteiger charge is -2.57. The molecule has 4 saturated carbocycles. The summed E-state index contributed by atoms with van der Waals surface area (Å²) in [6, 6.07) is 7.51. The van der Waals surface area contributed by atoms with E-state index in [9.17, 15) is 4.79 Å². The Labute approximate surface area is 135 Å². The van der Waals surface area contributed by atoms with Crippen LogP contribution >= 0.6 is 0 Å². The molecule has 120 valence electrons. The third-order valence-corrected chi connectivity index (χ3v) is 6.65. The van der Waals surface area contributed by atoms with Crippen LogP contribution in [0.1, 0.15) is 44.9 Å². The standard InChI is InChI=1S/C19H23N3O/c23-18-16-3-1-2-4-17(16)20-21-22(18)6-5-19-10-13-7-14(11-19)9-15(8-13)12-19/h1-4,13-15H,5-12H2. The molecule has 0 radical (unpaired) electrons. The Balaban J connectivity index is 1.41. The van der Waals surface area contributed by atoms with Gasteiger partial charge >= 0.3 is 0 Å². The Morgan fingerprint density at radius 2 is 1.70 bits per heavy atom.